The summed E-state index contributed by atoms with van der Waals surface area (Å²) in [6, 6.07) is 20.3. The fraction of sp³-hybridized carbons (Fsp3) is 0.300. The van der Waals surface area contributed by atoms with Crippen LogP contribution >= 0.6 is 12.4 Å². The number of hydrogen-bond donors (Lipinski definition) is 1. The van der Waals surface area contributed by atoms with Gasteiger partial charge in [-0.25, -0.2) is 14.6 Å². The Balaban J connectivity index is 0.00000220. The molecule has 0 radical (unpaired) electrons. The van der Waals surface area contributed by atoms with Gasteiger partial charge in [-0.15, -0.1) is 12.4 Å². The van der Waals surface area contributed by atoms with Crippen molar-refractivity contribution in [3.05, 3.63) is 94.5 Å². The lowest BCUT2D eigenvalue weighted by Crippen LogP contribution is -2.36. The molecule has 2 aromatic heterocycles. The predicted molar refractivity (Wildman–Crippen MR) is 156 cm³/mol. The highest BCUT2D eigenvalue weighted by molar-refractivity contribution is 5.85. The van der Waals surface area contributed by atoms with Crippen molar-refractivity contribution in [2.45, 2.75) is 38.8 Å². The van der Waals surface area contributed by atoms with E-state index in [0.717, 1.165) is 49.0 Å². The van der Waals surface area contributed by atoms with Gasteiger partial charge in [-0.2, -0.15) is 10.4 Å². The third-order valence-electron chi connectivity index (χ3n) is 6.90. The first-order valence-electron chi connectivity index (χ1n) is 13.0. The zero-order valence-corrected chi connectivity index (χ0v) is 23.1. The maximum Gasteiger partial charge on any atom is 0.267 e. The lowest BCUT2D eigenvalue weighted by atomic mass is 9.91. The highest BCUT2D eigenvalue weighted by atomic mass is 35.5. The minimum Gasteiger partial charge on any atom is -0.487 e. The summed E-state index contributed by atoms with van der Waals surface area (Å²) in [6.07, 6.45) is 6.84. The lowest BCUT2D eigenvalue weighted by Gasteiger charge is -2.30. The van der Waals surface area contributed by atoms with Crippen LogP contribution in [-0.2, 0) is 6.54 Å². The molecule has 1 atom stereocenters. The fourth-order valence-electron chi connectivity index (χ4n) is 4.88. The molecule has 3 N–H and O–H groups in total. The van der Waals surface area contributed by atoms with E-state index in [1.54, 1.807) is 36.7 Å². The number of nitrogens with zero attached hydrogens (tertiary/aromatic N) is 5. The molecule has 0 bridgehead atoms. The van der Waals surface area contributed by atoms with Crippen LogP contribution in [0.5, 0.6) is 5.75 Å². The number of nitriles is 1. The van der Waals surface area contributed by atoms with Crippen LogP contribution in [0.15, 0.2) is 77.9 Å². The summed E-state index contributed by atoms with van der Waals surface area (Å²) in [5.74, 6) is 1.82. The number of nitrogens with one attached hydrogen (secondary N) is 1. The van der Waals surface area contributed by atoms with Crippen LogP contribution in [0, 0.1) is 17.2 Å². The average molecular weight is 561 g/mol. The van der Waals surface area contributed by atoms with Gasteiger partial charge in [0.2, 0.25) is 0 Å². The van der Waals surface area contributed by atoms with Crippen LogP contribution in [0.3, 0.4) is 0 Å². The Labute approximate surface area is 239 Å². The summed E-state index contributed by atoms with van der Waals surface area (Å²) in [5.41, 5.74) is 3.51. The standard InChI is InChI=1S/C30H30N6O2.ClH.H2O/c1-2-28(23-11-13-32-14-12-23)38-26-18-33-30(34-19-26)25-8-4-6-22(16-25)20-36-29(37)10-9-27(35-36)24-7-3-5-21(15-24)17-31;;/h3-10,15-16,18-19,23,28,32H,2,11-14,20H2,1H3;1H;1H2. The normalized spacial score (nSPS) is 13.8. The molecule has 0 aliphatic carbocycles. The van der Waals surface area contributed by atoms with Gasteiger partial charge in [0.25, 0.3) is 5.56 Å². The Bertz CT molecular complexity index is 1500. The first-order valence-corrected chi connectivity index (χ1v) is 13.0. The minimum atomic E-state index is -0.201. The van der Waals surface area contributed by atoms with Gasteiger partial charge in [-0.1, -0.05) is 37.3 Å². The molecule has 1 aliphatic heterocycles. The van der Waals surface area contributed by atoms with Crippen LogP contribution < -0.4 is 15.6 Å². The maximum absolute atomic E-state index is 12.6. The molecule has 0 amide bonds. The molecule has 3 heterocycles. The largest absolute Gasteiger partial charge is 0.487 e. The van der Waals surface area contributed by atoms with Crippen molar-refractivity contribution >= 4 is 12.4 Å². The molecule has 208 valence electrons. The molecule has 1 aliphatic rings. The number of aromatic nitrogens is 4. The van der Waals surface area contributed by atoms with Gasteiger partial charge in [0.05, 0.1) is 36.3 Å². The molecule has 10 heteroatoms. The van der Waals surface area contributed by atoms with Crippen LogP contribution in [0.1, 0.15) is 37.3 Å². The van der Waals surface area contributed by atoms with Gasteiger partial charge in [0, 0.05) is 17.2 Å². The smallest absolute Gasteiger partial charge is 0.267 e. The van der Waals surface area contributed by atoms with E-state index in [4.69, 9.17) is 4.74 Å². The summed E-state index contributed by atoms with van der Waals surface area (Å²) in [4.78, 5) is 21.7. The van der Waals surface area contributed by atoms with E-state index in [0.29, 0.717) is 35.3 Å². The number of rotatable bonds is 8. The Kier molecular flexibility index (Phi) is 10.9. The zero-order chi connectivity index (χ0) is 26.3. The molecule has 1 fully saturated rings. The zero-order valence-electron chi connectivity index (χ0n) is 22.3. The summed E-state index contributed by atoms with van der Waals surface area (Å²) in [5, 5.41) is 17.1. The summed E-state index contributed by atoms with van der Waals surface area (Å²) < 4.78 is 7.68. The molecule has 2 aromatic carbocycles. The van der Waals surface area contributed by atoms with Crippen LogP contribution in [0.25, 0.3) is 22.6 Å². The lowest BCUT2D eigenvalue weighted by molar-refractivity contribution is 0.107. The van der Waals surface area contributed by atoms with Crippen LogP contribution in [0.2, 0.25) is 0 Å². The van der Waals surface area contributed by atoms with Crippen LogP contribution in [-0.4, -0.2) is 44.4 Å². The average Bonchev–Trinajstić information content (AvgIpc) is 2.98. The second-order valence-corrected chi connectivity index (χ2v) is 9.50. The molecule has 4 aromatic rings. The van der Waals surface area contributed by atoms with E-state index in [1.165, 1.54) is 10.7 Å². The minimum absolute atomic E-state index is 0. The molecular weight excluding hydrogens is 528 g/mol. The van der Waals surface area contributed by atoms with Gasteiger partial charge in [-0.3, -0.25) is 4.79 Å². The van der Waals surface area contributed by atoms with Gasteiger partial charge in [0.1, 0.15) is 6.10 Å². The third-order valence-corrected chi connectivity index (χ3v) is 6.90. The number of ether oxygens (including phenoxy) is 1. The third kappa shape index (κ3) is 7.30. The van der Waals surface area contributed by atoms with Gasteiger partial charge in [-0.05, 0) is 68.1 Å². The quantitative estimate of drug-likeness (QED) is 0.343. The van der Waals surface area contributed by atoms with Gasteiger partial charge in [0.15, 0.2) is 11.6 Å². The Morgan fingerprint density at radius 1 is 1.05 bits per heavy atom. The molecule has 9 nitrogen and oxygen atoms in total. The monoisotopic (exact) mass is 560 g/mol. The molecule has 40 heavy (non-hydrogen) atoms. The Morgan fingerprint density at radius 3 is 2.50 bits per heavy atom. The first kappa shape index (κ1) is 30.4. The van der Waals surface area contributed by atoms with Crippen molar-refractivity contribution < 1.29 is 10.2 Å². The van der Waals surface area contributed by atoms with E-state index in [-0.39, 0.29) is 29.5 Å². The SMILES string of the molecule is CCC(Oc1cnc(-c2cccc(Cn3nc(-c4cccc(C#N)c4)ccc3=O)c2)nc1)C1CCNCC1.Cl.O. The fourth-order valence-corrected chi connectivity index (χ4v) is 4.88. The number of halogens is 1. The first-order chi connectivity index (χ1) is 18.6. The number of piperidine rings is 1. The van der Waals surface area contributed by atoms with Crippen molar-refractivity contribution in [2.24, 2.45) is 5.92 Å². The Morgan fingerprint density at radius 2 is 1.77 bits per heavy atom. The van der Waals surface area contributed by atoms with Crippen LogP contribution in [0.4, 0.5) is 0 Å². The topological polar surface area (TPSA) is 137 Å². The summed E-state index contributed by atoms with van der Waals surface area (Å²) >= 11 is 0. The predicted octanol–water partition coefficient (Wildman–Crippen LogP) is 4.04. The van der Waals surface area contributed by atoms with E-state index in [9.17, 15) is 10.1 Å². The summed E-state index contributed by atoms with van der Waals surface area (Å²) in [6.45, 7) is 4.54. The molecule has 0 spiro atoms. The second kappa shape index (κ2) is 14.3. The number of hydrogen-bond acceptors (Lipinski definition) is 7. The molecule has 5 rings (SSSR count). The second-order valence-electron chi connectivity index (χ2n) is 9.50. The van der Waals surface area contributed by atoms with E-state index in [2.05, 4.69) is 33.4 Å². The highest BCUT2D eigenvalue weighted by Crippen LogP contribution is 2.25. The summed E-state index contributed by atoms with van der Waals surface area (Å²) in [7, 11) is 0. The van der Waals surface area contributed by atoms with E-state index < -0.39 is 0 Å². The molecular formula is C30H33ClN6O3. The molecule has 1 saturated heterocycles. The van der Waals surface area contributed by atoms with Crippen molar-refractivity contribution in [3.63, 3.8) is 0 Å². The number of benzene rings is 2. The highest BCUT2D eigenvalue weighted by Gasteiger charge is 2.24. The van der Waals surface area contributed by atoms with Crippen molar-refractivity contribution in [2.75, 3.05) is 13.1 Å². The molecule has 1 unspecified atom stereocenters. The van der Waals surface area contributed by atoms with Crippen molar-refractivity contribution in [1.29, 1.82) is 5.26 Å². The Hall–Kier alpha value is -4.10. The maximum atomic E-state index is 12.6. The van der Waals surface area contributed by atoms with Crippen molar-refractivity contribution in [1.82, 2.24) is 25.1 Å². The van der Waals surface area contributed by atoms with Crippen molar-refractivity contribution in [3.8, 4) is 34.5 Å². The van der Waals surface area contributed by atoms with E-state index in [1.807, 2.05) is 30.3 Å². The van der Waals surface area contributed by atoms with Gasteiger partial charge < -0.3 is 15.5 Å². The van der Waals surface area contributed by atoms with E-state index >= 15 is 0 Å². The van der Waals surface area contributed by atoms with Gasteiger partial charge >= 0.3 is 0 Å². The molecule has 0 saturated carbocycles.